The van der Waals surface area contributed by atoms with Crippen LogP contribution in [0.1, 0.15) is 5.56 Å². The molecule has 0 saturated heterocycles. The van der Waals surface area contributed by atoms with Crippen molar-refractivity contribution in [1.82, 2.24) is 9.97 Å². The van der Waals surface area contributed by atoms with Crippen molar-refractivity contribution in [2.45, 2.75) is 10.1 Å². The molecule has 0 atom stereocenters. The standard InChI is InChI=1S/C24H22N4O3S3/c1-31-19-7-3-2-6-16(19)13-33-24-27-18-10-9-17(12-20(18)34-24)26-22(29)14-32-15-23(30)28-21-8-4-5-11-25-21/h2-12H,13-15H2,1H3,(H,26,29)(H,25,28,30). The van der Waals surface area contributed by atoms with Gasteiger partial charge in [-0.15, -0.1) is 23.1 Å². The van der Waals surface area contributed by atoms with Crippen LogP contribution in [0.5, 0.6) is 5.75 Å². The first-order chi connectivity index (χ1) is 16.6. The normalized spacial score (nSPS) is 10.7. The van der Waals surface area contributed by atoms with E-state index in [1.807, 2.05) is 42.5 Å². The Morgan fingerprint density at radius 2 is 1.79 bits per heavy atom. The van der Waals surface area contributed by atoms with Crippen molar-refractivity contribution < 1.29 is 14.3 Å². The second-order valence-corrected chi connectivity index (χ2v) is 10.3. The van der Waals surface area contributed by atoms with Crippen molar-refractivity contribution >= 4 is 68.4 Å². The van der Waals surface area contributed by atoms with Gasteiger partial charge in [0.05, 0.1) is 28.8 Å². The number of nitrogens with zero attached hydrogens (tertiary/aromatic N) is 2. The van der Waals surface area contributed by atoms with Gasteiger partial charge in [-0.25, -0.2) is 9.97 Å². The molecule has 10 heteroatoms. The number of pyridine rings is 1. The van der Waals surface area contributed by atoms with E-state index < -0.39 is 0 Å². The van der Waals surface area contributed by atoms with Crippen LogP contribution < -0.4 is 15.4 Å². The highest BCUT2D eigenvalue weighted by Gasteiger charge is 2.10. The quantitative estimate of drug-likeness (QED) is 0.280. The third-order valence-electron chi connectivity index (χ3n) is 4.59. The number of thiazole rings is 1. The number of nitrogens with one attached hydrogen (secondary N) is 2. The summed E-state index contributed by atoms with van der Waals surface area (Å²) in [5.74, 6) is 2.12. The Bertz CT molecular complexity index is 1280. The first-order valence-electron chi connectivity index (χ1n) is 10.3. The Labute approximate surface area is 209 Å². The molecule has 0 bridgehead atoms. The molecule has 0 fully saturated rings. The van der Waals surface area contributed by atoms with Crippen LogP contribution in [0.25, 0.3) is 10.2 Å². The maximum atomic E-state index is 12.3. The molecule has 2 aromatic heterocycles. The summed E-state index contributed by atoms with van der Waals surface area (Å²) in [6.45, 7) is 0. The van der Waals surface area contributed by atoms with Crippen LogP contribution in [-0.4, -0.2) is 40.4 Å². The zero-order valence-corrected chi connectivity index (χ0v) is 20.8. The van der Waals surface area contributed by atoms with E-state index in [9.17, 15) is 9.59 Å². The maximum Gasteiger partial charge on any atom is 0.235 e. The molecule has 4 aromatic rings. The molecule has 2 N–H and O–H groups in total. The molecule has 2 amide bonds. The predicted molar refractivity (Wildman–Crippen MR) is 141 cm³/mol. The summed E-state index contributed by atoms with van der Waals surface area (Å²) in [5.41, 5.74) is 2.72. The van der Waals surface area contributed by atoms with E-state index in [-0.39, 0.29) is 23.3 Å². The summed E-state index contributed by atoms with van der Waals surface area (Å²) < 4.78 is 7.38. The lowest BCUT2D eigenvalue weighted by molar-refractivity contribution is -0.114. The number of carbonyl (C=O) groups is 2. The number of aromatic nitrogens is 2. The molecule has 174 valence electrons. The number of methoxy groups -OCH3 is 1. The molecule has 34 heavy (non-hydrogen) atoms. The SMILES string of the molecule is COc1ccccc1CSc1nc2ccc(NC(=O)CSCC(=O)Nc3ccccn3)cc2s1. The number of fused-ring (bicyclic) bond motifs is 1. The summed E-state index contributed by atoms with van der Waals surface area (Å²) in [7, 11) is 1.67. The van der Waals surface area contributed by atoms with Crippen LogP contribution in [0.4, 0.5) is 11.5 Å². The summed E-state index contributed by atoms with van der Waals surface area (Å²) >= 11 is 4.49. The van der Waals surface area contributed by atoms with Crippen LogP contribution in [0.15, 0.2) is 71.2 Å². The van der Waals surface area contributed by atoms with E-state index in [4.69, 9.17) is 4.74 Å². The number of para-hydroxylation sites is 1. The number of rotatable bonds is 10. The minimum absolute atomic E-state index is 0.162. The minimum Gasteiger partial charge on any atom is -0.496 e. The molecular formula is C24H22N4O3S3. The molecule has 2 aromatic carbocycles. The maximum absolute atomic E-state index is 12.3. The lowest BCUT2D eigenvalue weighted by Gasteiger charge is -2.06. The van der Waals surface area contributed by atoms with Crippen molar-refractivity contribution in [3.63, 3.8) is 0 Å². The third-order valence-corrected chi connectivity index (χ3v) is 7.74. The molecule has 2 heterocycles. The van der Waals surface area contributed by atoms with Crippen molar-refractivity contribution in [3.05, 3.63) is 72.4 Å². The van der Waals surface area contributed by atoms with E-state index in [1.165, 1.54) is 11.8 Å². The van der Waals surface area contributed by atoms with Crippen LogP contribution in [0.2, 0.25) is 0 Å². The zero-order valence-electron chi connectivity index (χ0n) is 18.3. The lowest BCUT2D eigenvalue weighted by Crippen LogP contribution is -2.18. The first-order valence-corrected chi connectivity index (χ1v) is 13.3. The average molecular weight is 511 g/mol. The topological polar surface area (TPSA) is 93.2 Å². The number of ether oxygens (including phenoxy) is 1. The Morgan fingerprint density at radius 3 is 2.59 bits per heavy atom. The smallest absolute Gasteiger partial charge is 0.235 e. The first kappa shape index (κ1) is 24.1. The van der Waals surface area contributed by atoms with Crippen molar-refractivity contribution in [1.29, 1.82) is 0 Å². The largest absolute Gasteiger partial charge is 0.496 e. The van der Waals surface area contributed by atoms with Gasteiger partial charge in [-0.1, -0.05) is 36.0 Å². The summed E-state index contributed by atoms with van der Waals surface area (Å²) in [6, 6.07) is 18.9. The molecule has 0 unspecified atom stereocenters. The minimum atomic E-state index is -0.194. The molecule has 7 nitrogen and oxygen atoms in total. The van der Waals surface area contributed by atoms with Crippen molar-refractivity contribution in [2.24, 2.45) is 0 Å². The highest BCUT2D eigenvalue weighted by Crippen LogP contribution is 2.34. The lowest BCUT2D eigenvalue weighted by atomic mass is 10.2. The molecular weight excluding hydrogens is 488 g/mol. The fourth-order valence-electron chi connectivity index (χ4n) is 3.05. The fourth-order valence-corrected chi connectivity index (χ4v) is 5.77. The number of benzene rings is 2. The van der Waals surface area contributed by atoms with Crippen LogP contribution in [-0.2, 0) is 15.3 Å². The van der Waals surface area contributed by atoms with E-state index >= 15 is 0 Å². The monoisotopic (exact) mass is 510 g/mol. The number of amides is 2. The molecule has 0 radical (unpaired) electrons. The predicted octanol–water partition coefficient (Wildman–Crippen LogP) is 5.30. The molecule has 0 aliphatic heterocycles. The van der Waals surface area contributed by atoms with Crippen molar-refractivity contribution in [3.8, 4) is 5.75 Å². The summed E-state index contributed by atoms with van der Waals surface area (Å²) in [5, 5.41) is 5.59. The van der Waals surface area contributed by atoms with Crippen LogP contribution in [0.3, 0.4) is 0 Å². The molecule has 0 spiro atoms. The zero-order chi connectivity index (χ0) is 23.8. The van der Waals surface area contributed by atoms with Gasteiger partial charge >= 0.3 is 0 Å². The van der Waals surface area contributed by atoms with E-state index in [2.05, 4.69) is 20.6 Å². The van der Waals surface area contributed by atoms with Gasteiger partial charge in [0, 0.05) is 23.2 Å². The Morgan fingerprint density at radius 1 is 1.00 bits per heavy atom. The second-order valence-electron chi connectivity index (χ2n) is 7.07. The number of thioether (sulfide) groups is 2. The summed E-state index contributed by atoms with van der Waals surface area (Å²) in [6.07, 6.45) is 1.61. The molecule has 0 saturated carbocycles. The molecule has 0 aliphatic rings. The highest BCUT2D eigenvalue weighted by atomic mass is 32.2. The van der Waals surface area contributed by atoms with Gasteiger partial charge in [0.15, 0.2) is 4.34 Å². The number of hydrogen-bond donors (Lipinski definition) is 2. The Kier molecular flexibility index (Phi) is 8.40. The van der Waals surface area contributed by atoms with Crippen LogP contribution >= 0.6 is 34.9 Å². The number of hydrogen-bond acceptors (Lipinski definition) is 8. The molecule has 4 rings (SSSR count). The third kappa shape index (κ3) is 6.72. The average Bonchev–Trinajstić information content (AvgIpc) is 3.25. The fraction of sp³-hybridized carbons (Fsp3) is 0.167. The van der Waals surface area contributed by atoms with E-state index in [0.717, 1.165) is 31.6 Å². The summed E-state index contributed by atoms with van der Waals surface area (Å²) in [4.78, 5) is 33.0. The molecule has 0 aliphatic carbocycles. The number of anilines is 2. The second kappa shape index (κ2) is 11.9. The highest BCUT2D eigenvalue weighted by molar-refractivity contribution is 8.00. The van der Waals surface area contributed by atoms with Crippen LogP contribution in [0, 0.1) is 0 Å². The van der Waals surface area contributed by atoms with Gasteiger partial charge in [0.25, 0.3) is 0 Å². The van der Waals surface area contributed by atoms with E-state index in [0.29, 0.717) is 11.5 Å². The van der Waals surface area contributed by atoms with Gasteiger partial charge in [-0.3, -0.25) is 9.59 Å². The van der Waals surface area contributed by atoms with Gasteiger partial charge in [0.1, 0.15) is 11.6 Å². The van der Waals surface area contributed by atoms with Gasteiger partial charge in [-0.2, -0.15) is 0 Å². The van der Waals surface area contributed by atoms with Gasteiger partial charge < -0.3 is 15.4 Å². The Balaban J connectivity index is 1.27. The van der Waals surface area contributed by atoms with E-state index in [1.54, 1.807) is 54.6 Å². The van der Waals surface area contributed by atoms with Crippen molar-refractivity contribution in [2.75, 3.05) is 29.2 Å². The van der Waals surface area contributed by atoms with Gasteiger partial charge in [0.2, 0.25) is 11.8 Å². The van der Waals surface area contributed by atoms with Gasteiger partial charge in [-0.05, 0) is 36.4 Å². The number of carbonyl (C=O) groups excluding carboxylic acids is 2. The Hall–Kier alpha value is -3.08.